The maximum atomic E-state index is 13.3. The third kappa shape index (κ3) is 8.54. The monoisotopic (exact) mass is 803 g/mol. The molecular weight excluding hydrogens is 773 g/mol. The number of β-lactam (4-membered cyclic amide) rings is 1. The number of aromatic hydroxyl groups is 1. The number of carboxylic acids is 2. The minimum absolute atomic E-state index is 0.0349. The Morgan fingerprint density at radius 1 is 1.18 bits per heavy atom. The summed E-state index contributed by atoms with van der Waals surface area (Å²) in [6.07, 6.45) is 3.00. The highest BCUT2D eigenvalue weighted by atomic mass is 32.2. The number of carbonyl (C=O) groups is 6. The third-order valence-electron chi connectivity index (χ3n) is 7.73. The topological polar surface area (TPSA) is 361 Å². The fraction of sp³-hybridized carbons (Fsp3) is 0.310. The minimum Gasteiger partial charge on any atom is -0.503 e. The van der Waals surface area contributed by atoms with Gasteiger partial charge in [-0.3, -0.25) is 28.9 Å². The molecule has 1 saturated heterocycles. The van der Waals surface area contributed by atoms with Gasteiger partial charge in [0.15, 0.2) is 16.6 Å². The van der Waals surface area contributed by atoms with E-state index in [9.17, 15) is 54.1 Å². The van der Waals surface area contributed by atoms with Crippen molar-refractivity contribution in [3.63, 3.8) is 0 Å². The van der Waals surface area contributed by atoms with E-state index in [1.165, 1.54) is 30.9 Å². The van der Waals surface area contributed by atoms with Gasteiger partial charge in [-0.2, -0.15) is 14.1 Å². The fourth-order valence-electron chi connectivity index (χ4n) is 4.88. The van der Waals surface area contributed by atoms with Crippen LogP contribution in [-0.2, 0) is 35.4 Å². The summed E-state index contributed by atoms with van der Waals surface area (Å²) in [4.78, 5) is 101. The van der Waals surface area contributed by atoms with E-state index < -0.39 is 75.2 Å². The van der Waals surface area contributed by atoms with E-state index in [-0.39, 0.29) is 63.7 Å². The largest absolute Gasteiger partial charge is 0.503 e. The van der Waals surface area contributed by atoms with E-state index in [2.05, 4.69) is 35.4 Å². The Morgan fingerprint density at radius 3 is 2.56 bits per heavy atom. The lowest BCUT2D eigenvalue weighted by molar-refractivity contribution is -0.691. The first-order valence-corrected chi connectivity index (χ1v) is 17.4. The minimum atomic E-state index is -1.86. The van der Waals surface area contributed by atoms with Crippen molar-refractivity contribution >= 4 is 81.2 Å². The Labute approximate surface area is 315 Å². The van der Waals surface area contributed by atoms with Gasteiger partial charge in [0.25, 0.3) is 29.9 Å². The van der Waals surface area contributed by atoms with Crippen LogP contribution in [0.2, 0.25) is 0 Å². The molecule has 4 amide bonds. The van der Waals surface area contributed by atoms with Crippen LogP contribution in [-0.4, -0.2) is 115 Å². The number of pyridine rings is 1. The van der Waals surface area contributed by atoms with Gasteiger partial charge in [-0.15, -0.1) is 11.8 Å². The van der Waals surface area contributed by atoms with E-state index in [0.717, 1.165) is 28.2 Å². The molecule has 3 aromatic rings. The van der Waals surface area contributed by atoms with Gasteiger partial charge < -0.3 is 52.8 Å². The molecule has 3 aromatic heterocycles. The van der Waals surface area contributed by atoms with Crippen LogP contribution in [0.3, 0.4) is 0 Å². The van der Waals surface area contributed by atoms with E-state index in [1.54, 1.807) is 0 Å². The molecule has 55 heavy (non-hydrogen) atoms. The number of aliphatic carboxylic acids is 2. The molecule has 290 valence electrons. The van der Waals surface area contributed by atoms with Crippen LogP contribution in [0.15, 0.2) is 46.0 Å². The van der Waals surface area contributed by atoms with Crippen LogP contribution < -0.4 is 37.4 Å². The highest BCUT2D eigenvalue weighted by Gasteiger charge is 2.54. The molecule has 0 bridgehead atoms. The normalized spacial score (nSPS) is 16.8. The van der Waals surface area contributed by atoms with E-state index in [0.29, 0.717) is 12.3 Å². The summed E-state index contributed by atoms with van der Waals surface area (Å²) in [5, 5.41) is 48.7. The van der Waals surface area contributed by atoms with Crippen molar-refractivity contribution in [3.05, 3.63) is 57.8 Å². The Hall–Kier alpha value is -6.83. The van der Waals surface area contributed by atoms with Crippen molar-refractivity contribution < 1.29 is 58.7 Å². The predicted octanol–water partition coefficient (Wildman–Crippen LogP) is -2.73. The summed E-state index contributed by atoms with van der Waals surface area (Å²) in [5.74, 6) is -7.24. The van der Waals surface area contributed by atoms with Gasteiger partial charge in [0.2, 0.25) is 28.5 Å². The Kier molecular flexibility index (Phi) is 11.2. The molecule has 2 aliphatic rings. The first-order valence-electron chi connectivity index (χ1n) is 15.6. The zero-order valence-corrected chi connectivity index (χ0v) is 30.1. The molecule has 2 atom stereocenters. The number of nitrogens with one attached hydrogen (secondary N) is 3. The van der Waals surface area contributed by atoms with Crippen LogP contribution in [0.5, 0.6) is 5.75 Å². The predicted molar refractivity (Wildman–Crippen MR) is 187 cm³/mol. The summed E-state index contributed by atoms with van der Waals surface area (Å²) in [5.41, 5.74) is 7.72. The number of oxime groups is 1. The second-order valence-corrected chi connectivity index (χ2v) is 14.0. The lowest BCUT2D eigenvalue weighted by Gasteiger charge is -2.49. The van der Waals surface area contributed by atoms with Crippen LogP contribution in [0.25, 0.3) is 0 Å². The highest BCUT2D eigenvalue weighted by Crippen LogP contribution is 2.40. The van der Waals surface area contributed by atoms with Crippen LogP contribution in [0.1, 0.15) is 36.6 Å². The van der Waals surface area contributed by atoms with Crippen molar-refractivity contribution in [3.8, 4) is 5.75 Å². The number of hydrogen-bond acceptors (Lipinski definition) is 18. The second-order valence-electron chi connectivity index (χ2n) is 12.1. The maximum Gasteiger partial charge on any atom is 0.352 e. The van der Waals surface area contributed by atoms with E-state index in [1.807, 2.05) is 0 Å². The number of nitrogens with two attached hydrogens (primary N) is 2. The van der Waals surface area contributed by atoms with Crippen molar-refractivity contribution in [1.29, 1.82) is 0 Å². The SMILES string of the molecule is CC(C)(O/N=C(\C(=O)N[C@@H]1C(=O)N2C(C(=O)O)=C(C[n+]3cnc(N)c(NC(=O)CCNC(=O)c4cc(=O)c(O)cn4O)c3)CSC12)c1nsc(N)n1)C(=O)O. The number of nitrogens with zero attached hydrogens (tertiary/aromatic N) is 7. The number of amides is 4. The average molecular weight is 804 g/mol. The number of fused-ring (bicyclic) bond motifs is 1. The number of carbonyl (C=O) groups excluding carboxylic acids is 4. The van der Waals surface area contributed by atoms with Gasteiger partial charge in [0.1, 0.15) is 35.5 Å². The molecule has 11 N–H and O–H groups in total. The number of rotatable bonds is 14. The summed E-state index contributed by atoms with van der Waals surface area (Å²) in [6, 6.07) is -0.519. The first-order chi connectivity index (χ1) is 25.9. The molecule has 24 nitrogen and oxygen atoms in total. The van der Waals surface area contributed by atoms with E-state index >= 15 is 0 Å². The molecule has 1 fully saturated rings. The number of hydrogen-bond donors (Lipinski definition) is 9. The maximum absolute atomic E-state index is 13.3. The van der Waals surface area contributed by atoms with Gasteiger partial charge >= 0.3 is 11.9 Å². The van der Waals surface area contributed by atoms with E-state index in [4.69, 9.17) is 16.3 Å². The van der Waals surface area contributed by atoms with Crippen LogP contribution >= 0.6 is 23.3 Å². The quantitative estimate of drug-likeness (QED) is 0.0263. The van der Waals surface area contributed by atoms with Crippen molar-refractivity contribution in [2.24, 2.45) is 5.16 Å². The van der Waals surface area contributed by atoms with Crippen LogP contribution in [0, 0.1) is 0 Å². The third-order valence-corrected chi connectivity index (χ3v) is 9.61. The van der Waals surface area contributed by atoms with Gasteiger partial charge in [-0.05, 0) is 18.8 Å². The Morgan fingerprint density at radius 2 is 1.91 bits per heavy atom. The van der Waals surface area contributed by atoms with Gasteiger partial charge in [-0.1, -0.05) is 5.16 Å². The zero-order valence-electron chi connectivity index (χ0n) is 28.4. The summed E-state index contributed by atoms with van der Waals surface area (Å²) in [6.45, 7) is 2.01. The summed E-state index contributed by atoms with van der Waals surface area (Å²) in [7, 11) is 0. The Bertz CT molecular complexity index is 2240. The molecule has 5 heterocycles. The average Bonchev–Trinajstić information content (AvgIpc) is 3.55. The molecule has 0 saturated carbocycles. The number of carboxylic acid groups (broad SMARTS) is 2. The van der Waals surface area contributed by atoms with Gasteiger partial charge in [0.05, 0.1) is 6.20 Å². The number of nitrogen functional groups attached to an aromatic ring is 2. The molecule has 0 aromatic carbocycles. The van der Waals surface area contributed by atoms with Crippen LogP contribution in [0.4, 0.5) is 16.6 Å². The molecule has 0 spiro atoms. The number of anilines is 3. The molecule has 5 rings (SSSR count). The first kappa shape index (κ1) is 39.4. The fourth-order valence-corrected chi connectivity index (χ4v) is 6.65. The van der Waals surface area contributed by atoms with Gasteiger partial charge in [0, 0.05) is 41.9 Å². The molecule has 1 unspecified atom stereocenters. The number of aromatic nitrogens is 5. The lowest BCUT2D eigenvalue weighted by Crippen LogP contribution is -2.71. The van der Waals surface area contributed by atoms with Crippen molar-refractivity contribution in [2.75, 3.05) is 29.1 Å². The molecule has 26 heteroatoms. The Balaban J connectivity index is 1.25. The second kappa shape index (κ2) is 15.6. The smallest absolute Gasteiger partial charge is 0.352 e. The highest BCUT2D eigenvalue weighted by molar-refractivity contribution is 8.00. The summed E-state index contributed by atoms with van der Waals surface area (Å²) < 4.78 is 5.57. The van der Waals surface area contributed by atoms with Crippen molar-refractivity contribution in [2.45, 2.75) is 43.8 Å². The molecule has 2 aliphatic heterocycles. The molecule has 0 radical (unpaired) electrons. The molecule has 0 aliphatic carbocycles. The number of thioether (sulfide) groups is 1. The lowest BCUT2D eigenvalue weighted by atomic mass is 10.0. The zero-order chi connectivity index (χ0) is 40.4. The van der Waals surface area contributed by atoms with Gasteiger partial charge in [-0.25, -0.2) is 14.2 Å². The summed E-state index contributed by atoms with van der Waals surface area (Å²) >= 11 is 1.86. The van der Waals surface area contributed by atoms with Crippen molar-refractivity contribution in [1.82, 2.24) is 34.6 Å². The molecular formula is C29H31N12O12S2+. The standard InChI is InChI=1S/C29H30N12O12S2/c1-29(2,27(50)51)53-37-17(21-36-28(31)55-38-21)23(46)35-18-24(47)41-19(26(48)49)11(9-54-25(18)41)6-39-7-12(20(30)33-10-39)34-16(44)3-4-32-22(45)13-5-14(42)15(43)8-40(13)52/h5,7-8,10,18,25,30,52H,3-4,6,9H2,1-2H3,(H8,31,32,34,35,36,38,43,44,45,46,48,49,50,51)/p+1/b37-17-/t18-,25?/m1/s1.